The molecule has 0 amide bonds. The minimum Gasteiger partial charge on any atom is -0.485 e. The lowest BCUT2D eigenvalue weighted by atomic mass is 10.1. The Balaban J connectivity index is 2.18. The van der Waals surface area contributed by atoms with E-state index in [4.69, 9.17) is 16.3 Å². The van der Waals surface area contributed by atoms with Gasteiger partial charge in [-0.05, 0) is 37.1 Å². The van der Waals surface area contributed by atoms with Crippen molar-refractivity contribution in [2.75, 3.05) is 0 Å². The Kier molecular flexibility index (Phi) is 3.43. The van der Waals surface area contributed by atoms with Crippen LogP contribution in [0.3, 0.4) is 0 Å². The summed E-state index contributed by atoms with van der Waals surface area (Å²) in [4.78, 5) is 11.2. The highest BCUT2D eigenvalue weighted by Gasteiger charge is 2.08. The summed E-state index contributed by atoms with van der Waals surface area (Å²) in [5, 5.41) is 6.95. The molecule has 96 valence electrons. The lowest BCUT2D eigenvalue weighted by Gasteiger charge is -2.10. The molecule has 0 unspecified atom stereocenters. The lowest BCUT2D eigenvalue weighted by Crippen LogP contribution is -2.15. The van der Waals surface area contributed by atoms with E-state index in [1.165, 1.54) is 4.57 Å². The number of aromatic amines is 1. The number of hydrogen-bond donors (Lipinski definition) is 1. The number of nitrogens with zero attached hydrogens (tertiary/aromatic N) is 2. The predicted molar refractivity (Wildman–Crippen MR) is 69.1 cm³/mol. The van der Waals surface area contributed by atoms with Crippen molar-refractivity contribution in [1.82, 2.24) is 14.8 Å². The second kappa shape index (κ2) is 4.86. The SMILES string of the molecule is Cc1cc(OCc2n[nH]c(=O)n2C)c(C)cc1Cl. The van der Waals surface area contributed by atoms with Crippen LogP contribution in [0.25, 0.3) is 0 Å². The quantitative estimate of drug-likeness (QED) is 0.925. The van der Waals surface area contributed by atoms with Crippen molar-refractivity contribution in [1.29, 1.82) is 0 Å². The molecule has 1 heterocycles. The second-order valence-electron chi connectivity index (χ2n) is 4.16. The molecule has 1 aromatic carbocycles. The van der Waals surface area contributed by atoms with Crippen LogP contribution in [0.5, 0.6) is 5.75 Å². The van der Waals surface area contributed by atoms with E-state index in [1.54, 1.807) is 7.05 Å². The average molecular weight is 268 g/mol. The van der Waals surface area contributed by atoms with Crippen LogP contribution in [0.1, 0.15) is 17.0 Å². The summed E-state index contributed by atoms with van der Waals surface area (Å²) in [7, 11) is 1.64. The number of rotatable bonds is 3. The molecule has 5 nitrogen and oxygen atoms in total. The van der Waals surface area contributed by atoms with Gasteiger partial charge < -0.3 is 4.74 Å². The zero-order valence-electron chi connectivity index (χ0n) is 10.5. The number of benzene rings is 1. The van der Waals surface area contributed by atoms with Crippen LogP contribution >= 0.6 is 11.6 Å². The van der Waals surface area contributed by atoms with Crippen molar-refractivity contribution in [3.63, 3.8) is 0 Å². The predicted octanol–water partition coefficient (Wildman–Crippen LogP) is 1.96. The molecule has 6 heteroatoms. The van der Waals surface area contributed by atoms with Crippen molar-refractivity contribution >= 4 is 11.6 Å². The topological polar surface area (TPSA) is 59.9 Å². The van der Waals surface area contributed by atoms with Crippen LogP contribution in [0, 0.1) is 13.8 Å². The highest BCUT2D eigenvalue weighted by Crippen LogP contribution is 2.26. The molecule has 2 rings (SSSR count). The number of ether oxygens (including phenoxy) is 1. The monoisotopic (exact) mass is 267 g/mol. The zero-order chi connectivity index (χ0) is 13.3. The summed E-state index contributed by atoms with van der Waals surface area (Å²) in [6.07, 6.45) is 0. The van der Waals surface area contributed by atoms with Crippen LogP contribution < -0.4 is 10.4 Å². The van der Waals surface area contributed by atoms with Gasteiger partial charge in [0.15, 0.2) is 5.82 Å². The second-order valence-corrected chi connectivity index (χ2v) is 4.57. The van der Waals surface area contributed by atoms with E-state index < -0.39 is 0 Å². The molecule has 1 aromatic heterocycles. The third-order valence-corrected chi connectivity index (χ3v) is 3.19. The minimum absolute atomic E-state index is 0.233. The highest BCUT2D eigenvalue weighted by molar-refractivity contribution is 6.31. The highest BCUT2D eigenvalue weighted by atomic mass is 35.5. The summed E-state index contributed by atoms with van der Waals surface area (Å²) in [5.74, 6) is 1.29. The van der Waals surface area contributed by atoms with Crippen molar-refractivity contribution in [2.24, 2.45) is 7.05 Å². The molecule has 1 N–H and O–H groups in total. The maximum absolute atomic E-state index is 11.2. The van der Waals surface area contributed by atoms with Crippen LogP contribution in [0.2, 0.25) is 5.02 Å². The Morgan fingerprint density at radius 2 is 2.11 bits per heavy atom. The summed E-state index contributed by atoms with van der Waals surface area (Å²) < 4.78 is 7.07. The van der Waals surface area contributed by atoms with Crippen molar-refractivity contribution in [3.8, 4) is 5.75 Å². The van der Waals surface area contributed by atoms with Crippen molar-refractivity contribution < 1.29 is 4.74 Å². The van der Waals surface area contributed by atoms with E-state index in [0.717, 1.165) is 16.9 Å². The maximum Gasteiger partial charge on any atom is 0.343 e. The average Bonchev–Trinajstić information content (AvgIpc) is 2.63. The Morgan fingerprint density at radius 1 is 1.39 bits per heavy atom. The van der Waals surface area contributed by atoms with Gasteiger partial charge in [-0.3, -0.25) is 4.57 Å². The molecule has 0 fully saturated rings. The smallest absolute Gasteiger partial charge is 0.343 e. The molecule has 0 aliphatic rings. The third-order valence-electron chi connectivity index (χ3n) is 2.79. The number of hydrogen-bond acceptors (Lipinski definition) is 3. The van der Waals surface area contributed by atoms with Gasteiger partial charge in [-0.2, -0.15) is 5.10 Å². The number of aromatic nitrogens is 3. The minimum atomic E-state index is -0.252. The third kappa shape index (κ3) is 2.41. The van der Waals surface area contributed by atoms with Gasteiger partial charge >= 0.3 is 5.69 Å². The Bertz CT molecular complexity index is 631. The molecule has 0 atom stereocenters. The first kappa shape index (κ1) is 12.7. The Morgan fingerprint density at radius 3 is 2.72 bits per heavy atom. The standard InChI is InChI=1S/C12H14ClN3O2/c1-7-5-10(8(2)4-9(7)13)18-6-11-14-15-12(17)16(11)3/h4-5H,6H2,1-3H3,(H,15,17). The van der Waals surface area contributed by atoms with Gasteiger partial charge in [-0.15, -0.1) is 0 Å². The van der Waals surface area contributed by atoms with Gasteiger partial charge in [0.1, 0.15) is 12.4 Å². The molecule has 0 saturated carbocycles. The number of nitrogens with one attached hydrogen (secondary N) is 1. The molecular formula is C12H14ClN3O2. The molecule has 0 aliphatic carbocycles. The van der Waals surface area contributed by atoms with E-state index in [0.29, 0.717) is 10.8 Å². The summed E-state index contributed by atoms with van der Waals surface area (Å²) in [6, 6.07) is 3.73. The van der Waals surface area contributed by atoms with Gasteiger partial charge in [-0.1, -0.05) is 11.6 Å². The number of H-pyrrole nitrogens is 1. The van der Waals surface area contributed by atoms with Gasteiger partial charge in [0.25, 0.3) is 0 Å². The van der Waals surface area contributed by atoms with Crippen LogP contribution in [-0.4, -0.2) is 14.8 Å². The number of halogens is 1. The molecule has 18 heavy (non-hydrogen) atoms. The zero-order valence-corrected chi connectivity index (χ0v) is 11.2. The van der Waals surface area contributed by atoms with E-state index in [-0.39, 0.29) is 12.3 Å². The van der Waals surface area contributed by atoms with Gasteiger partial charge in [-0.25, -0.2) is 9.89 Å². The van der Waals surface area contributed by atoms with Crippen LogP contribution in [-0.2, 0) is 13.7 Å². The van der Waals surface area contributed by atoms with Gasteiger partial charge in [0.2, 0.25) is 0 Å². The molecule has 0 saturated heterocycles. The molecule has 0 radical (unpaired) electrons. The fourth-order valence-corrected chi connectivity index (χ4v) is 1.78. The van der Waals surface area contributed by atoms with Crippen molar-refractivity contribution in [3.05, 3.63) is 44.6 Å². The maximum atomic E-state index is 11.2. The normalized spacial score (nSPS) is 10.7. The Hall–Kier alpha value is -1.75. The van der Waals surface area contributed by atoms with Crippen molar-refractivity contribution in [2.45, 2.75) is 20.5 Å². The first-order valence-electron chi connectivity index (χ1n) is 5.49. The lowest BCUT2D eigenvalue weighted by molar-refractivity contribution is 0.289. The van der Waals surface area contributed by atoms with Gasteiger partial charge in [0.05, 0.1) is 0 Å². The molecular weight excluding hydrogens is 254 g/mol. The van der Waals surface area contributed by atoms with Crippen LogP contribution in [0.4, 0.5) is 0 Å². The summed E-state index contributed by atoms with van der Waals surface area (Å²) in [5.41, 5.74) is 1.65. The molecule has 0 spiro atoms. The summed E-state index contributed by atoms with van der Waals surface area (Å²) in [6.45, 7) is 4.07. The van der Waals surface area contributed by atoms with E-state index in [2.05, 4.69) is 10.2 Å². The summed E-state index contributed by atoms with van der Waals surface area (Å²) >= 11 is 6.01. The first-order valence-corrected chi connectivity index (χ1v) is 5.86. The number of aryl methyl sites for hydroxylation is 2. The largest absolute Gasteiger partial charge is 0.485 e. The molecule has 2 aromatic rings. The first-order chi connectivity index (χ1) is 8.49. The fourth-order valence-electron chi connectivity index (χ4n) is 1.56. The van der Waals surface area contributed by atoms with Crippen LogP contribution in [0.15, 0.2) is 16.9 Å². The van der Waals surface area contributed by atoms with E-state index >= 15 is 0 Å². The molecule has 0 bridgehead atoms. The fraction of sp³-hybridized carbons (Fsp3) is 0.333. The molecule has 0 aliphatic heterocycles. The van der Waals surface area contributed by atoms with E-state index in [9.17, 15) is 4.79 Å². The van der Waals surface area contributed by atoms with Gasteiger partial charge in [0, 0.05) is 12.1 Å². The Labute approximate surface area is 109 Å². The van der Waals surface area contributed by atoms with E-state index in [1.807, 2.05) is 26.0 Å².